The molecule has 8 heteroatoms. The summed E-state index contributed by atoms with van der Waals surface area (Å²) in [6, 6.07) is 5.78. The van der Waals surface area contributed by atoms with Gasteiger partial charge in [0.1, 0.15) is 0 Å². The van der Waals surface area contributed by atoms with Crippen LogP contribution in [0.3, 0.4) is 0 Å². The zero-order valence-electron chi connectivity index (χ0n) is 15.5. The summed E-state index contributed by atoms with van der Waals surface area (Å²) in [5, 5.41) is 8.30. The third-order valence-electron chi connectivity index (χ3n) is 4.21. The molecule has 3 amide bonds. The summed E-state index contributed by atoms with van der Waals surface area (Å²) in [4.78, 5) is 37.7. The van der Waals surface area contributed by atoms with Crippen molar-refractivity contribution in [3.05, 3.63) is 29.3 Å². The molecule has 0 radical (unpaired) electrons. The smallest absolute Gasteiger partial charge is 0.270 e. The maximum atomic E-state index is 13.5. The molecule has 0 unspecified atom stereocenters. The third-order valence-corrected chi connectivity index (χ3v) is 5.45. The molecule has 3 rings (SSSR count). The zero-order chi connectivity index (χ0) is 19.2. The van der Waals surface area contributed by atoms with Crippen molar-refractivity contribution in [2.24, 2.45) is 11.0 Å². The van der Waals surface area contributed by atoms with Crippen LogP contribution in [-0.4, -0.2) is 34.4 Å². The van der Waals surface area contributed by atoms with Crippen LogP contribution in [0.5, 0.6) is 0 Å². The van der Waals surface area contributed by atoms with Crippen molar-refractivity contribution in [3.63, 3.8) is 0 Å². The molecule has 138 valence electrons. The lowest BCUT2D eigenvalue weighted by Gasteiger charge is -2.30. The van der Waals surface area contributed by atoms with E-state index in [4.69, 9.17) is 0 Å². The first-order valence-electron chi connectivity index (χ1n) is 8.46. The highest BCUT2D eigenvalue weighted by Crippen LogP contribution is 2.54. The van der Waals surface area contributed by atoms with Crippen molar-refractivity contribution in [2.75, 3.05) is 11.4 Å². The number of aryl methyl sites for hydroxylation is 1. The van der Waals surface area contributed by atoms with Gasteiger partial charge in [0.15, 0.2) is 5.17 Å². The molecule has 1 aromatic rings. The molecule has 1 atom stereocenters. The largest absolute Gasteiger partial charge is 0.309 e. The molecule has 2 aliphatic heterocycles. The number of amidine groups is 1. The molecular formula is C18H22N4O3S. The summed E-state index contributed by atoms with van der Waals surface area (Å²) < 4.78 is 0. The van der Waals surface area contributed by atoms with Crippen molar-refractivity contribution >= 4 is 40.3 Å². The average Bonchev–Trinajstić information content (AvgIpc) is 3.00. The summed E-state index contributed by atoms with van der Waals surface area (Å²) in [6.07, 6.45) is 0. The lowest BCUT2D eigenvalue weighted by molar-refractivity contribution is -0.139. The number of benzene rings is 1. The van der Waals surface area contributed by atoms with Crippen molar-refractivity contribution in [2.45, 2.75) is 39.5 Å². The van der Waals surface area contributed by atoms with Gasteiger partial charge in [0.25, 0.3) is 5.91 Å². The summed E-state index contributed by atoms with van der Waals surface area (Å²) in [5.74, 6) is -0.608. The second kappa shape index (κ2) is 6.42. The Morgan fingerprint density at radius 2 is 2.00 bits per heavy atom. The van der Waals surface area contributed by atoms with Gasteiger partial charge in [0.2, 0.25) is 16.7 Å². The van der Waals surface area contributed by atoms with Crippen LogP contribution in [0.25, 0.3) is 0 Å². The standard InChI is InChI=1S/C18H22N4O3S/c1-10(2)9-21-15-7-6-11(3)8-14(15)18(16(21)25)22(13(5)24)20-17(26-18)19-12(4)23/h6-8,10H,9H2,1-5H3,(H,19,20,23)/t18-/m0/s1. The molecule has 0 aliphatic carbocycles. The highest BCUT2D eigenvalue weighted by atomic mass is 32.2. The van der Waals surface area contributed by atoms with Crippen LogP contribution in [-0.2, 0) is 19.3 Å². The van der Waals surface area contributed by atoms with Gasteiger partial charge in [-0.3, -0.25) is 14.4 Å². The van der Waals surface area contributed by atoms with E-state index in [0.29, 0.717) is 6.54 Å². The summed E-state index contributed by atoms with van der Waals surface area (Å²) in [6.45, 7) is 9.29. The van der Waals surface area contributed by atoms with Crippen LogP contribution in [0.2, 0.25) is 0 Å². The predicted octanol–water partition coefficient (Wildman–Crippen LogP) is 2.15. The number of thioether (sulfide) groups is 1. The number of carbonyl (C=O) groups is 3. The summed E-state index contributed by atoms with van der Waals surface area (Å²) in [5.41, 5.74) is 2.50. The number of hydrazone groups is 1. The van der Waals surface area contributed by atoms with Crippen molar-refractivity contribution < 1.29 is 14.4 Å². The van der Waals surface area contributed by atoms with E-state index >= 15 is 0 Å². The van der Waals surface area contributed by atoms with Crippen LogP contribution < -0.4 is 10.2 Å². The van der Waals surface area contributed by atoms with E-state index in [1.165, 1.54) is 18.9 Å². The van der Waals surface area contributed by atoms with E-state index in [-0.39, 0.29) is 28.8 Å². The SMILES string of the molecule is CC(=O)NC1=NN(C(C)=O)[C@@]2(S1)C(=O)N(CC(C)C)c1ccc(C)cc12. The molecule has 2 aliphatic rings. The number of nitrogens with zero attached hydrogens (tertiary/aromatic N) is 3. The van der Waals surface area contributed by atoms with Crippen LogP contribution in [0.1, 0.15) is 38.8 Å². The molecule has 1 aromatic carbocycles. The van der Waals surface area contributed by atoms with Gasteiger partial charge in [-0.1, -0.05) is 31.5 Å². The fourth-order valence-corrected chi connectivity index (χ4v) is 4.60. The van der Waals surface area contributed by atoms with Gasteiger partial charge < -0.3 is 10.2 Å². The van der Waals surface area contributed by atoms with E-state index < -0.39 is 4.87 Å². The highest BCUT2D eigenvalue weighted by molar-refractivity contribution is 8.15. The molecule has 0 saturated heterocycles. The number of nitrogens with one attached hydrogen (secondary N) is 1. The van der Waals surface area contributed by atoms with Crippen molar-refractivity contribution in [1.29, 1.82) is 0 Å². The second-order valence-corrected chi connectivity index (χ2v) is 8.18. The number of hydrogen-bond donors (Lipinski definition) is 1. The molecule has 0 saturated carbocycles. The minimum atomic E-state index is -1.31. The normalized spacial score (nSPS) is 21.5. The van der Waals surface area contributed by atoms with Gasteiger partial charge in [-0.05, 0) is 30.7 Å². The Morgan fingerprint density at radius 3 is 2.58 bits per heavy atom. The number of fused-ring (bicyclic) bond motifs is 2. The number of amides is 3. The minimum absolute atomic E-state index is 0.212. The zero-order valence-corrected chi connectivity index (χ0v) is 16.3. The van der Waals surface area contributed by atoms with Gasteiger partial charge in [0, 0.05) is 26.0 Å². The summed E-state index contributed by atoms with van der Waals surface area (Å²) in [7, 11) is 0. The Kier molecular flexibility index (Phi) is 4.56. The first-order chi connectivity index (χ1) is 12.2. The fourth-order valence-electron chi connectivity index (χ4n) is 3.27. The van der Waals surface area contributed by atoms with E-state index in [0.717, 1.165) is 28.6 Å². The van der Waals surface area contributed by atoms with E-state index in [2.05, 4.69) is 10.4 Å². The predicted molar refractivity (Wildman–Crippen MR) is 101 cm³/mol. The summed E-state index contributed by atoms with van der Waals surface area (Å²) >= 11 is 1.11. The lowest BCUT2D eigenvalue weighted by Crippen LogP contribution is -2.49. The van der Waals surface area contributed by atoms with Crippen LogP contribution in [0.4, 0.5) is 5.69 Å². The monoisotopic (exact) mass is 374 g/mol. The molecule has 26 heavy (non-hydrogen) atoms. The minimum Gasteiger partial charge on any atom is -0.309 e. The molecule has 1 spiro atoms. The molecule has 7 nitrogen and oxygen atoms in total. The van der Waals surface area contributed by atoms with E-state index in [9.17, 15) is 14.4 Å². The fraction of sp³-hybridized carbons (Fsp3) is 0.444. The van der Waals surface area contributed by atoms with Crippen LogP contribution in [0.15, 0.2) is 23.3 Å². The van der Waals surface area contributed by atoms with Gasteiger partial charge in [0.05, 0.1) is 5.69 Å². The average molecular weight is 374 g/mol. The maximum Gasteiger partial charge on any atom is 0.270 e. The number of anilines is 1. The maximum absolute atomic E-state index is 13.5. The molecule has 1 N–H and O–H groups in total. The number of rotatable bonds is 2. The molecule has 0 aromatic heterocycles. The van der Waals surface area contributed by atoms with Gasteiger partial charge >= 0.3 is 0 Å². The van der Waals surface area contributed by atoms with Gasteiger partial charge in [-0.25, -0.2) is 0 Å². The van der Waals surface area contributed by atoms with Gasteiger partial charge in [-0.2, -0.15) is 5.01 Å². The molecular weight excluding hydrogens is 352 g/mol. The quantitative estimate of drug-likeness (QED) is 0.860. The lowest BCUT2D eigenvalue weighted by atomic mass is 10.0. The highest BCUT2D eigenvalue weighted by Gasteiger charge is 2.61. The van der Waals surface area contributed by atoms with Crippen LogP contribution in [0, 0.1) is 12.8 Å². The Bertz CT molecular complexity index is 836. The Hall–Kier alpha value is -2.35. The second-order valence-electron chi connectivity index (χ2n) is 6.99. The molecule has 0 fully saturated rings. The van der Waals surface area contributed by atoms with Gasteiger partial charge in [-0.15, -0.1) is 5.10 Å². The van der Waals surface area contributed by atoms with Crippen molar-refractivity contribution in [1.82, 2.24) is 10.3 Å². The third kappa shape index (κ3) is 2.78. The van der Waals surface area contributed by atoms with E-state index in [1.807, 2.05) is 39.0 Å². The number of carbonyl (C=O) groups excluding carboxylic acids is 3. The topological polar surface area (TPSA) is 82.1 Å². The van der Waals surface area contributed by atoms with Crippen LogP contribution >= 0.6 is 11.8 Å². The Balaban J connectivity index is 2.16. The van der Waals surface area contributed by atoms with Crippen molar-refractivity contribution in [3.8, 4) is 0 Å². The van der Waals surface area contributed by atoms with E-state index in [1.54, 1.807) is 4.90 Å². The number of hydrogen-bond acceptors (Lipinski definition) is 5. The first-order valence-corrected chi connectivity index (χ1v) is 9.27. The molecule has 0 bridgehead atoms. The Morgan fingerprint density at radius 1 is 1.31 bits per heavy atom. The first kappa shape index (κ1) is 18.4. The molecule has 2 heterocycles. The Labute approximate surface area is 156 Å².